The van der Waals surface area contributed by atoms with E-state index >= 15 is 0 Å². The highest BCUT2D eigenvalue weighted by atomic mass is 19.3. The predicted octanol–water partition coefficient (Wildman–Crippen LogP) is 1.98. The van der Waals surface area contributed by atoms with Crippen LogP contribution in [0.1, 0.15) is 20.8 Å². The highest BCUT2D eigenvalue weighted by Gasteiger charge is 2.38. The molecular formula is C8H13F2NO3. The number of esters is 1. The van der Waals surface area contributed by atoms with Crippen LogP contribution in [-0.2, 0) is 9.53 Å². The first-order valence-corrected chi connectivity index (χ1v) is 4.05. The van der Waals surface area contributed by atoms with Crippen LogP contribution in [0, 0.1) is 10.3 Å². The monoisotopic (exact) mass is 209 g/mol. The Balaban J connectivity index is 4.40. The summed E-state index contributed by atoms with van der Waals surface area (Å²) in [6.45, 7) is 3.72. The van der Waals surface area contributed by atoms with Crippen LogP contribution in [0.2, 0.25) is 0 Å². The van der Waals surface area contributed by atoms with Gasteiger partial charge in [0, 0.05) is 12.3 Å². The number of ether oxygens (including phenoxy) is 1. The number of halogens is 2. The van der Waals surface area contributed by atoms with E-state index in [2.05, 4.69) is 9.91 Å². The fourth-order valence-electron chi connectivity index (χ4n) is 0.903. The van der Waals surface area contributed by atoms with Crippen molar-refractivity contribution in [2.45, 2.75) is 33.2 Å². The zero-order valence-electron chi connectivity index (χ0n) is 8.29. The van der Waals surface area contributed by atoms with Gasteiger partial charge in [-0.15, -0.1) is 0 Å². The SMILES string of the molecule is CC(=O)OCC(C)(C)C(N=O)C(F)F. The molecule has 0 saturated carbocycles. The van der Waals surface area contributed by atoms with Crippen molar-refractivity contribution >= 4 is 5.97 Å². The van der Waals surface area contributed by atoms with Crippen molar-refractivity contribution in [3.63, 3.8) is 0 Å². The molecule has 0 fully saturated rings. The standard InChI is InChI=1S/C8H13F2NO3/c1-5(12)14-4-8(2,3)6(11-13)7(9)10/h6-7H,4H2,1-3H3. The second-order valence-corrected chi connectivity index (χ2v) is 3.65. The van der Waals surface area contributed by atoms with Gasteiger partial charge in [0.1, 0.15) is 0 Å². The highest BCUT2D eigenvalue weighted by molar-refractivity contribution is 5.65. The quantitative estimate of drug-likeness (QED) is 0.513. The molecule has 0 heterocycles. The molecule has 0 saturated heterocycles. The second kappa shape index (κ2) is 4.97. The third kappa shape index (κ3) is 3.76. The Kier molecular flexibility index (Phi) is 4.59. The molecule has 82 valence electrons. The van der Waals surface area contributed by atoms with E-state index in [1.165, 1.54) is 20.8 Å². The van der Waals surface area contributed by atoms with Gasteiger partial charge in [-0.3, -0.25) is 4.79 Å². The Hall–Kier alpha value is -1.07. The molecule has 0 aromatic rings. The summed E-state index contributed by atoms with van der Waals surface area (Å²) < 4.78 is 29.1. The van der Waals surface area contributed by atoms with E-state index in [4.69, 9.17) is 0 Å². The maximum Gasteiger partial charge on any atom is 0.302 e. The Morgan fingerprint density at radius 1 is 1.50 bits per heavy atom. The van der Waals surface area contributed by atoms with Gasteiger partial charge in [-0.2, -0.15) is 4.91 Å². The van der Waals surface area contributed by atoms with Crippen molar-refractivity contribution in [1.29, 1.82) is 0 Å². The molecule has 1 unspecified atom stereocenters. The predicted molar refractivity (Wildman–Crippen MR) is 46.0 cm³/mol. The molecule has 4 nitrogen and oxygen atoms in total. The summed E-state index contributed by atoms with van der Waals surface area (Å²) in [7, 11) is 0. The van der Waals surface area contributed by atoms with Crippen LogP contribution in [0.3, 0.4) is 0 Å². The van der Waals surface area contributed by atoms with E-state index in [1.54, 1.807) is 0 Å². The Bertz CT molecular complexity index is 219. The van der Waals surface area contributed by atoms with E-state index in [0.717, 1.165) is 0 Å². The molecule has 0 spiro atoms. The van der Waals surface area contributed by atoms with Crippen molar-refractivity contribution < 1.29 is 18.3 Å². The normalized spacial score (nSPS) is 13.9. The largest absolute Gasteiger partial charge is 0.465 e. The van der Waals surface area contributed by atoms with Gasteiger partial charge in [-0.1, -0.05) is 19.0 Å². The molecule has 1 atom stereocenters. The molecule has 0 bridgehead atoms. The topological polar surface area (TPSA) is 55.7 Å². The summed E-state index contributed by atoms with van der Waals surface area (Å²) in [5.41, 5.74) is -1.15. The number of hydrogen-bond donors (Lipinski definition) is 0. The summed E-state index contributed by atoms with van der Waals surface area (Å²) in [4.78, 5) is 20.6. The van der Waals surface area contributed by atoms with E-state index in [1.807, 2.05) is 0 Å². The number of nitroso groups, excluding NO2 is 1. The molecule has 14 heavy (non-hydrogen) atoms. The third-order valence-electron chi connectivity index (χ3n) is 1.80. The van der Waals surface area contributed by atoms with Crippen LogP contribution in [0.15, 0.2) is 5.18 Å². The minimum atomic E-state index is -2.85. The summed E-state index contributed by atoms with van der Waals surface area (Å²) in [5.74, 6) is -0.572. The number of carbonyl (C=O) groups excluding carboxylic acids is 1. The fraction of sp³-hybridized carbons (Fsp3) is 0.875. The highest BCUT2D eigenvalue weighted by Crippen LogP contribution is 2.28. The minimum Gasteiger partial charge on any atom is -0.465 e. The lowest BCUT2D eigenvalue weighted by Crippen LogP contribution is -2.38. The lowest BCUT2D eigenvalue weighted by molar-refractivity contribution is -0.145. The van der Waals surface area contributed by atoms with Gasteiger partial charge in [0.15, 0.2) is 6.04 Å². The van der Waals surface area contributed by atoms with Crippen LogP contribution in [0.25, 0.3) is 0 Å². The van der Waals surface area contributed by atoms with Crippen LogP contribution in [0.5, 0.6) is 0 Å². The van der Waals surface area contributed by atoms with Gasteiger partial charge >= 0.3 is 5.97 Å². The lowest BCUT2D eigenvalue weighted by atomic mass is 9.86. The summed E-state index contributed by atoms with van der Waals surface area (Å²) in [5, 5.41) is 2.35. The van der Waals surface area contributed by atoms with Crippen LogP contribution < -0.4 is 0 Å². The Morgan fingerprint density at radius 2 is 2.00 bits per heavy atom. The molecule has 0 radical (unpaired) electrons. The maximum absolute atomic E-state index is 12.3. The molecule has 0 aliphatic heterocycles. The number of alkyl halides is 2. The zero-order valence-corrected chi connectivity index (χ0v) is 8.29. The van der Waals surface area contributed by atoms with Gasteiger partial charge in [-0.05, 0) is 0 Å². The first-order valence-electron chi connectivity index (χ1n) is 4.05. The summed E-state index contributed by atoms with van der Waals surface area (Å²) >= 11 is 0. The lowest BCUT2D eigenvalue weighted by Gasteiger charge is -2.27. The third-order valence-corrected chi connectivity index (χ3v) is 1.80. The smallest absolute Gasteiger partial charge is 0.302 e. The number of carbonyl (C=O) groups is 1. The molecule has 0 aliphatic rings. The Labute approximate surface area is 80.6 Å². The van der Waals surface area contributed by atoms with Gasteiger partial charge in [0.2, 0.25) is 0 Å². The first kappa shape index (κ1) is 12.9. The molecule has 0 aromatic carbocycles. The fourth-order valence-corrected chi connectivity index (χ4v) is 0.903. The van der Waals surface area contributed by atoms with E-state index in [0.29, 0.717) is 0 Å². The van der Waals surface area contributed by atoms with E-state index < -0.39 is 23.9 Å². The maximum atomic E-state index is 12.3. The van der Waals surface area contributed by atoms with Crippen LogP contribution in [0.4, 0.5) is 8.78 Å². The minimum absolute atomic E-state index is 0.247. The first-order chi connectivity index (χ1) is 6.31. The zero-order chi connectivity index (χ0) is 11.4. The van der Waals surface area contributed by atoms with Gasteiger partial charge in [0.25, 0.3) is 6.43 Å². The van der Waals surface area contributed by atoms with Crippen molar-refractivity contribution in [2.24, 2.45) is 10.6 Å². The van der Waals surface area contributed by atoms with Crippen molar-refractivity contribution in [2.75, 3.05) is 6.61 Å². The molecule has 0 N–H and O–H groups in total. The molecule has 0 amide bonds. The van der Waals surface area contributed by atoms with Gasteiger partial charge < -0.3 is 4.74 Å². The average molecular weight is 209 g/mol. The van der Waals surface area contributed by atoms with Crippen LogP contribution in [-0.4, -0.2) is 25.0 Å². The van der Waals surface area contributed by atoms with Crippen molar-refractivity contribution in [1.82, 2.24) is 0 Å². The number of hydrogen-bond acceptors (Lipinski definition) is 4. The van der Waals surface area contributed by atoms with Gasteiger partial charge in [-0.25, -0.2) is 8.78 Å². The second-order valence-electron chi connectivity index (χ2n) is 3.65. The van der Waals surface area contributed by atoms with Crippen molar-refractivity contribution in [3.8, 4) is 0 Å². The number of rotatable bonds is 5. The van der Waals surface area contributed by atoms with E-state index in [-0.39, 0.29) is 6.61 Å². The Morgan fingerprint density at radius 3 is 2.29 bits per heavy atom. The number of nitrogens with zero attached hydrogens (tertiary/aromatic N) is 1. The average Bonchev–Trinajstić information content (AvgIpc) is 2.01. The van der Waals surface area contributed by atoms with E-state index in [9.17, 15) is 18.5 Å². The molecule has 0 aliphatic carbocycles. The molecule has 6 heteroatoms. The summed E-state index contributed by atoms with van der Waals surface area (Å²) in [6, 6.07) is -1.66. The van der Waals surface area contributed by atoms with Gasteiger partial charge in [0.05, 0.1) is 6.61 Å². The molecule has 0 aromatic heterocycles. The van der Waals surface area contributed by atoms with Crippen molar-refractivity contribution in [3.05, 3.63) is 4.91 Å². The van der Waals surface area contributed by atoms with Crippen LogP contribution >= 0.6 is 0 Å². The molecule has 0 rings (SSSR count). The molecular weight excluding hydrogens is 196 g/mol. The summed E-state index contributed by atoms with van der Waals surface area (Å²) in [6.07, 6.45) is -2.85.